The van der Waals surface area contributed by atoms with Crippen molar-refractivity contribution in [2.24, 2.45) is 0 Å². The van der Waals surface area contributed by atoms with Gasteiger partial charge in [0.2, 0.25) is 0 Å². The molecule has 0 bridgehead atoms. The molecule has 1 amide bonds. The van der Waals surface area contributed by atoms with E-state index < -0.39 is 17.7 Å². The highest BCUT2D eigenvalue weighted by Crippen LogP contribution is 2.39. The number of tetrazole rings is 1. The van der Waals surface area contributed by atoms with Gasteiger partial charge in [0.15, 0.2) is 5.82 Å². The number of carbonyl (C=O) groups excluding carboxylic acids is 1. The molecule has 0 saturated heterocycles. The van der Waals surface area contributed by atoms with Crippen LogP contribution in [0.2, 0.25) is 0 Å². The van der Waals surface area contributed by atoms with Gasteiger partial charge in [-0.15, -0.1) is 5.10 Å². The van der Waals surface area contributed by atoms with Crippen LogP contribution in [0.5, 0.6) is 0 Å². The minimum absolute atomic E-state index is 0.162. The molecular weight excluding hydrogens is 428 g/mol. The van der Waals surface area contributed by atoms with Crippen molar-refractivity contribution >= 4 is 5.91 Å². The average molecular weight is 447 g/mol. The zero-order valence-corrected chi connectivity index (χ0v) is 17.6. The maximum atomic E-state index is 14.6. The fraction of sp³-hybridized carbons (Fsp3) is 0.217. The van der Waals surface area contributed by atoms with Crippen LogP contribution in [0.4, 0.5) is 8.78 Å². The summed E-state index contributed by atoms with van der Waals surface area (Å²) in [5.41, 5.74) is 1.96. The van der Waals surface area contributed by atoms with E-state index in [4.69, 9.17) is 0 Å². The molecule has 5 rings (SSSR count). The number of amides is 1. The van der Waals surface area contributed by atoms with Gasteiger partial charge in [0.25, 0.3) is 5.91 Å². The minimum atomic E-state index is -0.731. The second kappa shape index (κ2) is 8.45. The third-order valence-corrected chi connectivity index (χ3v) is 5.48. The second-order valence-electron chi connectivity index (χ2n) is 7.94. The Bertz CT molecular complexity index is 1320. The van der Waals surface area contributed by atoms with Crippen LogP contribution in [0.25, 0.3) is 16.8 Å². The van der Waals surface area contributed by atoms with Crippen molar-refractivity contribution < 1.29 is 13.6 Å². The highest BCUT2D eigenvalue weighted by atomic mass is 19.1. The van der Waals surface area contributed by atoms with Gasteiger partial charge >= 0.3 is 0 Å². The number of carbonyl (C=O) groups is 1. The molecule has 33 heavy (non-hydrogen) atoms. The maximum absolute atomic E-state index is 14.6. The van der Waals surface area contributed by atoms with E-state index in [1.807, 2.05) is 0 Å². The Morgan fingerprint density at radius 3 is 2.73 bits per heavy atom. The predicted octanol–water partition coefficient (Wildman–Crippen LogP) is 3.77. The van der Waals surface area contributed by atoms with Gasteiger partial charge in [-0.3, -0.25) is 14.8 Å². The lowest BCUT2D eigenvalue weighted by molar-refractivity contribution is 0.0939. The molecule has 2 heterocycles. The lowest BCUT2D eigenvalue weighted by Gasteiger charge is -2.15. The quantitative estimate of drug-likeness (QED) is 0.483. The minimum Gasteiger partial charge on any atom is -0.344 e. The Labute approximate surface area is 187 Å². The molecule has 0 spiro atoms. The molecule has 0 radical (unpaired) electrons. The summed E-state index contributed by atoms with van der Waals surface area (Å²) in [7, 11) is 0. The van der Waals surface area contributed by atoms with E-state index in [-0.39, 0.29) is 23.0 Å². The van der Waals surface area contributed by atoms with Gasteiger partial charge in [-0.1, -0.05) is 0 Å². The highest BCUT2D eigenvalue weighted by molar-refractivity contribution is 5.96. The first-order valence-corrected chi connectivity index (χ1v) is 10.5. The molecule has 1 aliphatic rings. The van der Waals surface area contributed by atoms with E-state index in [1.165, 1.54) is 12.1 Å². The molecule has 2 aromatic heterocycles. The predicted molar refractivity (Wildman–Crippen MR) is 114 cm³/mol. The molecule has 1 aliphatic carbocycles. The zero-order valence-electron chi connectivity index (χ0n) is 17.6. The molecule has 1 N–H and O–H groups in total. The largest absolute Gasteiger partial charge is 0.344 e. The molecule has 1 unspecified atom stereocenters. The first kappa shape index (κ1) is 20.8. The van der Waals surface area contributed by atoms with Crippen LogP contribution in [-0.4, -0.2) is 36.1 Å². The van der Waals surface area contributed by atoms with E-state index >= 15 is 0 Å². The van der Waals surface area contributed by atoms with Gasteiger partial charge in [-0.05, 0) is 66.1 Å². The van der Waals surface area contributed by atoms with Gasteiger partial charge < -0.3 is 5.32 Å². The van der Waals surface area contributed by atoms with Crippen molar-refractivity contribution in [1.82, 2.24) is 35.5 Å². The number of hydrogen-bond donors (Lipinski definition) is 1. The fourth-order valence-electron chi connectivity index (χ4n) is 3.61. The molecular formula is C23H19F2N7O. The number of halogens is 2. The molecule has 166 valence electrons. The number of nitrogens with one attached hydrogen (secondary N) is 1. The van der Waals surface area contributed by atoms with Crippen molar-refractivity contribution in [3.63, 3.8) is 0 Å². The third kappa shape index (κ3) is 4.32. The number of nitrogens with zero attached hydrogens (tertiary/aromatic N) is 6. The van der Waals surface area contributed by atoms with Gasteiger partial charge in [-0.25, -0.2) is 8.78 Å². The number of rotatable bonds is 6. The first-order chi connectivity index (χ1) is 16.0. The zero-order chi connectivity index (χ0) is 22.9. The molecule has 0 aliphatic heterocycles. The normalized spacial score (nSPS) is 14.2. The van der Waals surface area contributed by atoms with Crippen molar-refractivity contribution in [2.75, 3.05) is 0 Å². The van der Waals surface area contributed by atoms with Crippen LogP contribution in [-0.2, 0) is 0 Å². The Balaban J connectivity index is 1.56. The standard InChI is InChI=1S/C23H19F2N7O/c1-13(21-12-26-6-7-27-21)28-23(33)16-8-15(19-5-4-17(24)11-20(19)25)9-18(10-16)32-22(14-2-3-14)29-30-31-32/h4-14H,2-3H2,1H3,(H,28,33). The van der Waals surface area contributed by atoms with E-state index in [9.17, 15) is 13.6 Å². The Morgan fingerprint density at radius 1 is 1.15 bits per heavy atom. The Kier molecular flexibility index (Phi) is 5.33. The lowest BCUT2D eigenvalue weighted by atomic mass is 10.0. The van der Waals surface area contributed by atoms with Crippen LogP contribution in [0.1, 0.15) is 53.6 Å². The van der Waals surface area contributed by atoms with E-state index in [0.717, 1.165) is 18.9 Å². The topological polar surface area (TPSA) is 98.5 Å². The van der Waals surface area contributed by atoms with Crippen LogP contribution in [0, 0.1) is 11.6 Å². The second-order valence-corrected chi connectivity index (χ2v) is 7.94. The summed E-state index contributed by atoms with van der Waals surface area (Å²) in [6.07, 6.45) is 6.63. The summed E-state index contributed by atoms with van der Waals surface area (Å²) < 4.78 is 29.6. The van der Waals surface area contributed by atoms with Crippen molar-refractivity contribution in [3.05, 3.63) is 83.7 Å². The fourth-order valence-corrected chi connectivity index (χ4v) is 3.61. The molecule has 10 heteroatoms. The Hall–Kier alpha value is -4.08. The summed E-state index contributed by atoms with van der Waals surface area (Å²) in [6.45, 7) is 1.79. The smallest absolute Gasteiger partial charge is 0.251 e. The SMILES string of the molecule is CC(NC(=O)c1cc(-c2ccc(F)cc2F)cc(-n2nnnc2C2CC2)c1)c1cnccn1. The van der Waals surface area contributed by atoms with Gasteiger partial charge in [-0.2, -0.15) is 4.68 Å². The van der Waals surface area contributed by atoms with Gasteiger partial charge in [0.1, 0.15) is 11.6 Å². The monoisotopic (exact) mass is 447 g/mol. The van der Waals surface area contributed by atoms with E-state index in [2.05, 4.69) is 30.8 Å². The van der Waals surface area contributed by atoms with Crippen molar-refractivity contribution in [1.29, 1.82) is 0 Å². The number of benzene rings is 2. The maximum Gasteiger partial charge on any atom is 0.251 e. The van der Waals surface area contributed by atoms with Crippen LogP contribution in [0.15, 0.2) is 55.0 Å². The van der Waals surface area contributed by atoms with E-state index in [1.54, 1.807) is 48.4 Å². The van der Waals surface area contributed by atoms with Crippen LogP contribution >= 0.6 is 0 Å². The highest BCUT2D eigenvalue weighted by Gasteiger charge is 2.30. The first-order valence-electron chi connectivity index (χ1n) is 10.5. The third-order valence-electron chi connectivity index (χ3n) is 5.48. The summed E-state index contributed by atoms with van der Waals surface area (Å²) >= 11 is 0. The Morgan fingerprint density at radius 2 is 2.00 bits per heavy atom. The molecule has 8 nitrogen and oxygen atoms in total. The van der Waals surface area contributed by atoms with Gasteiger partial charge in [0, 0.05) is 35.5 Å². The summed E-state index contributed by atoms with van der Waals surface area (Å²) in [4.78, 5) is 21.4. The molecule has 2 aromatic carbocycles. The lowest BCUT2D eigenvalue weighted by Crippen LogP contribution is -2.27. The number of aromatic nitrogens is 6. The summed E-state index contributed by atoms with van der Waals surface area (Å²) in [5, 5.41) is 14.8. The van der Waals surface area contributed by atoms with Crippen LogP contribution < -0.4 is 5.32 Å². The molecule has 1 saturated carbocycles. The van der Waals surface area contributed by atoms with Crippen LogP contribution in [0.3, 0.4) is 0 Å². The molecule has 1 atom stereocenters. The van der Waals surface area contributed by atoms with Gasteiger partial charge in [0.05, 0.1) is 23.6 Å². The molecule has 1 fully saturated rings. The van der Waals surface area contributed by atoms with Crippen molar-refractivity contribution in [3.8, 4) is 16.8 Å². The van der Waals surface area contributed by atoms with E-state index in [0.29, 0.717) is 22.8 Å². The molecule has 4 aromatic rings. The number of hydrogen-bond acceptors (Lipinski definition) is 6. The summed E-state index contributed by atoms with van der Waals surface area (Å²) in [5.74, 6) is -0.865. The average Bonchev–Trinajstić information content (AvgIpc) is 3.55. The van der Waals surface area contributed by atoms with Crippen molar-refractivity contribution in [2.45, 2.75) is 31.7 Å². The summed E-state index contributed by atoms with van der Waals surface area (Å²) in [6, 6.07) is 7.80.